The number of aromatic nitrogens is 4. The molecule has 0 saturated carbocycles. The molecule has 0 bridgehead atoms. The molecule has 0 amide bonds. The Bertz CT molecular complexity index is 1270. The molecule has 32 heavy (non-hydrogen) atoms. The molecular formula is C22H21F2N5O3. The smallest absolute Gasteiger partial charge is 0.387 e. The number of nitrogens with one attached hydrogen (secondary N) is 1. The van der Waals surface area contributed by atoms with Gasteiger partial charge in [0.1, 0.15) is 5.75 Å². The molecule has 4 aromatic rings. The van der Waals surface area contributed by atoms with Crippen LogP contribution in [0.25, 0.3) is 22.4 Å². The fraction of sp³-hybridized carbons (Fsp3) is 0.318. The van der Waals surface area contributed by atoms with Gasteiger partial charge in [0, 0.05) is 19.1 Å². The number of likely N-dealkylation sites (tertiary alicyclic amines) is 1. The predicted molar refractivity (Wildman–Crippen MR) is 112 cm³/mol. The second-order valence-electron chi connectivity index (χ2n) is 7.71. The lowest BCUT2D eigenvalue weighted by Crippen LogP contribution is -2.36. The average molecular weight is 441 g/mol. The Balaban J connectivity index is 1.25. The first kappa shape index (κ1) is 20.4. The first-order valence-corrected chi connectivity index (χ1v) is 10.4. The maximum atomic E-state index is 12.7. The van der Waals surface area contributed by atoms with Crippen LogP contribution in [-0.4, -0.2) is 44.3 Å². The highest BCUT2D eigenvalue weighted by molar-refractivity contribution is 5.75. The van der Waals surface area contributed by atoms with E-state index in [1.807, 2.05) is 28.8 Å². The highest BCUT2D eigenvalue weighted by atomic mass is 19.3. The number of alkyl halides is 2. The van der Waals surface area contributed by atoms with Gasteiger partial charge in [-0.25, -0.2) is 4.79 Å². The molecule has 10 heteroatoms. The van der Waals surface area contributed by atoms with Crippen molar-refractivity contribution in [2.45, 2.75) is 32.0 Å². The fourth-order valence-corrected chi connectivity index (χ4v) is 4.24. The van der Waals surface area contributed by atoms with E-state index < -0.39 is 6.61 Å². The van der Waals surface area contributed by atoms with Crippen molar-refractivity contribution in [3.8, 4) is 17.1 Å². The Morgan fingerprint density at radius 1 is 1.12 bits per heavy atom. The van der Waals surface area contributed by atoms with Crippen LogP contribution in [0.1, 0.15) is 24.8 Å². The second-order valence-corrected chi connectivity index (χ2v) is 7.71. The number of benzene rings is 2. The number of imidazole rings is 1. The molecule has 2 aromatic carbocycles. The van der Waals surface area contributed by atoms with Gasteiger partial charge in [-0.3, -0.25) is 9.47 Å². The predicted octanol–water partition coefficient (Wildman–Crippen LogP) is 3.82. The van der Waals surface area contributed by atoms with Gasteiger partial charge in [0.25, 0.3) is 0 Å². The first-order valence-electron chi connectivity index (χ1n) is 10.4. The largest absolute Gasteiger partial charge is 0.434 e. The lowest BCUT2D eigenvalue weighted by Gasteiger charge is -2.31. The molecule has 3 heterocycles. The van der Waals surface area contributed by atoms with Crippen molar-refractivity contribution >= 4 is 11.0 Å². The van der Waals surface area contributed by atoms with Crippen LogP contribution >= 0.6 is 0 Å². The molecule has 1 aliphatic rings. The van der Waals surface area contributed by atoms with Crippen LogP contribution in [0.2, 0.25) is 0 Å². The SMILES string of the molecule is O=c1[nH]c2ccccc2n1C1CCN(Cc2nc(-c3ccccc3OC(F)F)no2)CC1. The summed E-state index contributed by atoms with van der Waals surface area (Å²) in [7, 11) is 0. The van der Waals surface area contributed by atoms with Gasteiger partial charge in [-0.05, 0) is 37.1 Å². The van der Waals surface area contributed by atoms with Gasteiger partial charge < -0.3 is 14.2 Å². The summed E-state index contributed by atoms with van der Waals surface area (Å²) in [5.41, 5.74) is 2.02. The summed E-state index contributed by atoms with van der Waals surface area (Å²) in [6.45, 7) is -0.965. The molecular weight excluding hydrogens is 420 g/mol. The number of hydrogen-bond acceptors (Lipinski definition) is 6. The van der Waals surface area contributed by atoms with E-state index >= 15 is 0 Å². The standard InChI is InChI=1S/C22H21F2N5O3/c23-21(24)31-18-8-4-1-5-15(18)20-26-19(32-27-20)13-28-11-9-14(10-12-28)29-17-7-3-2-6-16(17)25-22(29)30/h1-8,14,21H,9-13H2,(H,25,30). The van der Waals surface area contributed by atoms with E-state index in [0.29, 0.717) is 18.0 Å². The second kappa shape index (κ2) is 8.54. The number of para-hydroxylation sites is 3. The van der Waals surface area contributed by atoms with Crippen molar-refractivity contribution in [1.82, 2.24) is 24.6 Å². The molecule has 1 saturated heterocycles. The highest BCUT2D eigenvalue weighted by Gasteiger charge is 2.25. The first-order chi connectivity index (χ1) is 15.6. The number of fused-ring (bicyclic) bond motifs is 1. The van der Waals surface area contributed by atoms with Gasteiger partial charge in [-0.1, -0.05) is 29.4 Å². The Morgan fingerprint density at radius 3 is 2.69 bits per heavy atom. The molecule has 5 rings (SSSR count). The summed E-state index contributed by atoms with van der Waals surface area (Å²) >= 11 is 0. The van der Waals surface area contributed by atoms with E-state index in [0.717, 1.165) is 37.0 Å². The number of rotatable bonds is 6. The van der Waals surface area contributed by atoms with Crippen LogP contribution in [0.5, 0.6) is 5.75 Å². The van der Waals surface area contributed by atoms with Gasteiger partial charge in [0.2, 0.25) is 11.7 Å². The molecule has 2 aromatic heterocycles. The molecule has 0 unspecified atom stereocenters. The summed E-state index contributed by atoms with van der Waals surface area (Å²) in [4.78, 5) is 21.9. The molecule has 1 fully saturated rings. The number of aromatic amines is 1. The van der Waals surface area contributed by atoms with E-state index in [2.05, 4.69) is 24.8 Å². The molecule has 8 nitrogen and oxygen atoms in total. The van der Waals surface area contributed by atoms with Gasteiger partial charge in [-0.2, -0.15) is 13.8 Å². The zero-order valence-electron chi connectivity index (χ0n) is 17.1. The molecule has 0 spiro atoms. The minimum atomic E-state index is -2.94. The monoisotopic (exact) mass is 441 g/mol. The summed E-state index contributed by atoms with van der Waals surface area (Å²) in [6, 6.07) is 14.2. The summed E-state index contributed by atoms with van der Waals surface area (Å²) in [5, 5.41) is 3.93. The third kappa shape index (κ3) is 4.01. The van der Waals surface area contributed by atoms with Crippen molar-refractivity contribution < 1.29 is 18.0 Å². The lowest BCUT2D eigenvalue weighted by molar-refractivity contribution is -0.0494. The fourth-order valence-electron chi connectivity index (χ4n) is 4.24. The maximum Gasteiger partial charge on any atom is 0.387 e. The van der Waals surface area contributed by atoms with Crippen molar-refractivity contribution in [2.24, 2.45) is 0 Å². The third-order valence-electron chi connectivity index (χ3n) is 5.72. The minimum absolute atomic E-state index is 0.000152. The van der Waals surface area contributed by atoms with Crippen LogP contribution < -0.4 is 10.4 Å². The van der Waals surface area contributed by atoms with Gasteiger partial charge in [0.05, 0.1) is 23.1 Å². The minimum Gasteiger partial charge on any atom is -0.434 e. The quantitative estimate of drug-likeness (QED) is 0.489. The van der Waals surface area contributed by atoms with E-state index in [4.69, 9.17) is 4.52 Å². The molecule has 0 atom stereocenters. The van der Waals surface area contributed by atoms with E-state index in [1.54, 1.807) is 18.2 Å². The van der Waals surface area contributed by atoms with E-state index in [-0.39, 0.29) is 23.3 Å². The number of ether oxygens (including phenoxy) is 1. The van der Waals surface area contributed by atoms with Crippen LogP contribution in [0.4, 0.5) is 8.78 Å². The van der Waals surface area contributed by atoms with Crippen LogP contribution in [0, 0.1) is 0 Å². The third-order valence-corrected chi connectivity index (χ3v) is 5.72. The molecule has 0 radical (unpaired) electrons. The van der Waals surface area contributed by atoms with Crippen molar-refractivity contribution in [1.29, 1.82) is 0 Å². The molecule has 1 N–H and O–H groups in total. The van der Waals surface area contributed by atoms with Gasteiger partial charge >= 0.3 is 12.3 Å². The summed E-state index contributed by atoms with van der Waals surface area (Å²) in [5.74, 6) is 0.603. The number of H-pyrrole nitrogens is 1. The van der Waals surface area contributed by atoms with Crippen LogP contribution in [-0.2, 0) is 6.54 Å². The average Bonchev–Trinajstić information content (AvgIpc) is 3.38. The number of piperidine rings is 1. The van der Waals surface area contributed by atoms with Crippen molar-refractivity contribution in [3.05, 3.63) is 64.9 Å². The molecule has 1 aliphatic heterocycles. The van der Waals surface area contributed by atoms with Crippen LogP contribution in [0.15, 0.2) is 57.8 Å². The number of hydrogen-bond donors (Lipinski definition) is 1. The van der Waals surface area contributed by atoms with Crippen molar-refractivity contribution in [3.63, 3.8) is 0 Å². The van der Waals surface area contributed by atoms with Gasteiger partial charge in [0.15, 0.2) is 0 Å². The Kier molecular flexibility index (Phi) is 5.44. The lowest BCUT2D eigenvalue weighted by atomic mass is 10.0. The van der Waals surface area contributed by atoms with Crippen molar-refractivity contribution in [2.75, 3.05) is 13.1 Å². The summed E-state index contributed by atoms with van der Waals surface area (Å²) in [6.07, 6.45) is 1.63. The Morgan fingerprint density at radius 2 is 1.88 bits per heavy atom. The topological polar surface area (TPSA) is 89.2 Å². The normalized spacial score (nSPS) is 15.6. The zero-order valence-corrected chi connectivity index (χ0v) is 17.1. The molecule has 166 valence electrons. The molecule has 0 aliphatic carbocycles. The Hall–Kier alpha value is -3.53. The zero-order chi connectivity index (χ0) is 22.1. The number of nitrogens with zero attached hydrogens (tertiary/aromatic N) is 4. The summed E-state index contributed by atoms with van der Waals surface area (Å²) < 4.78 is 37.1. The van der Waals surface area contributed by atoms with Gasteiger partial charge in [-0.15, -0.1) is 0 Å². The van der Waals surface area contributed by atoms with E-state index in [1.165, 1.54) is 6.07 Å². The van der Waals surface area contributed by atoms with E-state index in [9.17, 15) is 13.6 Å². The Labute approximate surface area is 181 Å². The highest BCUT2D eigenvalue weighted by Crippen LogP contribution is 2.30. The number of halogens is 2. The maximum absolute atomic E-state index is 12.7. The van der Waals surface area contributed by atoms with Crippen LogP contribution in [0.3, 0.4) is 0 Å².